The van der Waals surface area contributed by atoms with E-state index in [4.69, 9.17) is 10.5 Å². The van der Waals surface area contributed by atoms with E-state index < -0.39 is 0 Å². The van der Waals surface area contributed by atoms with Crippen molar-refractivity contribution in [2.75, 3.05) is 0 Å². The van der Waals surface area contributed by atoms with Crippen molar-refractivity contribution in [3.8, 4) is 5.75 Å². The van der Waals surface area contributed by atoms with E-state index in [0.29, 0.717) is 6.61 Å². The van der Waals surface area contributed by atoms with Crippen molar-refractivity contribution >= 4 is 12.4 Å². The number of halogens is 1. The van der Waals surface area contributed by atoms with Gasteiger partial charge in [0.15, 0.2) is 0 Å². The lowest BCUT2D eigenvalue weighted by Gasteiger charge is -2.19. The molecular weight excluding hydrogens is 258 g/mol. The smallest absolute Gasteiger partial charge is 0.119 e. The fourth-order valence-corrected chi connectivity index (χ4v) is 1.72. The first-order valence-corrected chi connectivity index (χ1v) is 6.12. The van der Waals surface area contributed by atoms with Gasteiger partial charge in [-0.25, -0.2) is 0 Å². The van der Waals surface area contributed by atoms with Crippen molar-refractivity contribution < 1.29 is 4.74 Å². The van der Waals surface area contributed by atoms with Crippen LogP contribution in [0, 0.1) is 0 Å². The lowest BCUT2D eigenvalue weighted by Crippen LogP contribution is -2.28. The first-order chi connectivity index (χ1) is 8.55. The van der Waals surface area contributed by atoms with Crippen molar-refractivity contribution in [3.05, 3.63) is 65.7 Å². The van der Waals surface area contributed by atoms with Gasteiger partial charge in [-0.3, -0.25) is 0 Å². The van der Waals surface area contributed by atoms with Crippen LogP contribution in [0.3, 0.4) is 0 Å². The topological polar surface area (TPSA) is 35.2 Å². The van der Waals surface area contributed by atoms with Crippen LogP contribution < -0.4 is 10.5 Å². The summed E-state index contributed by atoms with van der Waals surface area (Å²) in [5.74, 6) is 0.867. The van der Waals surface area contributed by atoms with E-state index in [1.807, 2.05) is 56.3 Å². The highest BCUT2D eigenvalue weighted by Gasteiger charge is 2.13. The van der Waals surface area contributed by atoms with Crippen LogP contribution in [0.1, 0.15) is 25.0 Å². The van der Waals surface area contributed by atoms with Gasteiger partial charge in [0.1, 0.15) is 12.4 Å². The Morgan fingerprint density at radius 1 is 0.947 bits per heavy atom. The zero-order valence-corrected chi connectivity index (χ0v) is 12.1. The molecule has 0 atom stereocenters. The summed E-state index contributed by atoms with van der Waals surface area (Å²) in [6.07, 6.45) is 0. The average Bonchev–Trinajstić information content (AvgIpc) is 2.37. The summed E-state index contributed by atoms with van der Waals surface area (Å²) in [5.41, 5.74) is 8.00. The summed E-state index contributed by atoms with van der Waals surface area (Å²) in [7, 11) is 0. The highest BCUT2D eigenvalue weighted by Crippen LogP contribution is 2.20. The minimum Gasteiger partial charge on any atom is -0.489 e. The van der Waals surface area contributed by atoms with E-state index in [2.05, 4.69) is 12.1 Å². The molecule has 0 saturated carbocycles. The largest absolute Gasteiger partial charge is 0.489 e. The summed E-state index contributed by atoms with van der Waals surface area (Å²) in [5, 5.41) is 0. The van der Waals surface area contributed by atoms with Crippen LogP contribution in [0.5, 0.6) is 5.75 Å². The third-order valence-electron chi connectivity index (χ3n) is 2.85. The fourth-order valence-electron chi connectivity index (χ4n) is 1.72. The maximum absolute atomic E-state index is 6.03. The van der Waals surface area contributed by atoms with Gasteiger partial charge in [-0.15, -0.1) is 12.4 Å². The van der Waals surface area contributed by atoms with Crippen LogP contribution in [0.2, 0.25) is 0 Å². The normalized spacial score (nSPS) is 10.7. The second-order valence-electron chi connectivity index (χ2n) is 5.02. The molecule has 19 heavy (non-hydrogen) atoms. The monoisotopic (exact) mass is 277 g/mol. The van der Waals surface area contributed by atoms with Gasteiger partial charge in [0.25, 0.3) is 0 Å². The quantitative estimate of drug-likeness (QED) is 0.920. The van der Waals surface area contributed by atoms with Gasteiger partial charge < -0.3 is 10.5 Å². The standard InChI is InChI=1S/C16H19NO.ClH/c1-16(2,17)14-8-10-15(11-9-14)18-12-13-6-4-3-5-7-13;/h3-11H,12,17H2,1-2H3;1H. The van der Waals surface area contributed by atoms with Crippen molar-refractivity contribution in [1.29, 1.82) is 0 Å². The van der Waals surface area contributed by atoms with Gasteiger partial charge in [0.05, 0.1) is 0 Å². The maximum Gasteiger partial charge on any atom is 0.119 e. The van der Waals surface area contributed by atoms with Gasteiger partial charge >= 0.3 is 0 Å². The molecule has 102 valence electrons. The minimum atomic E-state index is -0.308. The van der Waals surface area contributed by atoms with E-state index >= 15 is 0 Å². The number of ether oxygens (including phenoxy) is 1. The van der Waals surface area contributed by atoms with Crippen LogP contribution in [-0.2, 0) is 12.1 Å². The SMILES string of the molecule is CC(C)(N)c1ccc(OCc2ccccc2)cc1.Cl. The molecule has 0 unspecified atom stereocenters. The van der Waals surface area contributed by atoms with Gasteiger partial charge in [-0.1, -0.05) is 42.5 Å². The molecule has 0 aliphatic heterocycles. The molecule has 0 heterocycles. The van der Waals surface area contributed by atoms with Crippen LogP contribution in [0.4, 0.5) is 0 Å². The van der Waals surface area contributed by atoms with Gasteiger partial charge in [0, 0.05) is 5.54 Å². The number of benzene rings is 2. The first kappa shape index (κ1) is 15.5. The number of hydrogen-bond acceptors (Lipinski definition) is 2. The predicted molar refractivity (Wildman–Crippen MR) is 81.7 cm³/mol. The molecule has 2 N–H and O–H groups in total. The second kappa shape index (κ2) is 6.60. The van der Waals surface area contributed by atoms with Gasteiger partial charge in [-0.2, -0.15) is 0 Å². The molecule has 3 heteroatoms. The molecule has 0 saturated heterocycles. The van der Waals surface area contributed by atoms with Crippen LogP contribution >= 0.6 is 12.4 Å². The summed E-state index contributed by atoms with van der Waals surface area (Å²) < 4.78 is 5.72. The fraction of sp³-hybridized carbons (Fsp3) is 0.250. The van der Waals surface area contributed by atoms with E-state index in [9.17, 15) is 0 Å². The molecule has 0 aliphatic carbocycles. The van der Waals surface area contributed by atoms with Crippen LogP contribution in [0.15, 0.2) is 54.6 Å². The highest BCUT2D eigenvalue weighted by atomic mass is 35.5. The molecule has 2 nitrogen and oxygen atoms in total. The summed E-state index contributed by atoms with van der Waals surface area (Å²) in [6, 6.07) is 18.1. The van der Waals surface area contributed by atoms with E-state index in [1.165, 1.54) is 5.56 Å². The number of nitrogens with two attached hydrogens (primary N) is 1. The Bertz CT molecular complexity index is 488. The summed E-state index contributed by atoms with van der Waals surface area (Å²) >= 11 is 0. The van der Waals surface area contributed by atoms with Crippen molar-refractivity contribution in [3.63, 3.8) is 0 Å². The molecule has 0 aromatic heterocycles. The lowest BCUT2D eigenvalue weighted by molar-refractivity contribution is 0.306. The average molecular weight is 278 g/mol. The van der Waals surface area contributed by atoms with Crippen LogP contribution in [-0.4, -0.2) is 0 Å². The molecular formula is C16H20ClNO. The molecule has 0 radical (unpaired) electrons. The highest BCUT2D eigenvalue weighted by molar-refractivity contribution is 5.85. The molecule has 2 rings (SSSR count). The Balaban J connectivity index is 0.00000180. The Labute approximate surface area is 121 Å². The lowest BCUT2D eigenvalue weighted by atomic mass is 9.96. The van der Waals surface area contributed by atoms with Gasteiger partial charge in [-0.05, 0) is 37.1 Å². The van der Waals surface area contributed by atoms with Crippen molar-refractivity contribution in [2.45, 2.75) is 26.0 Å². The third kappa shape index (κ3) is 4.58. The molecule has 0 spiro atoms. The van der Waals surface area contributed by atoms with E-state index in [-0.39, 0.29) is 17.9 Å². The maximum atomic E-state index is 6.03. The zero-order chi connectivity index (χ0) is 13.0. The summed E-state index contributed by atoms with van der Waals surface area (Å²) in [4.78, 5) is 0. The second-order valence-corrected chi connectivity index (χ2v) is 5.02. The number of hydrogen-bond donors (Lipinski definition) is 1. The predicted octanol–water partition coefficient (Wildman–Crippen LogP) is 3.88. The molecule has 0 bridgehead atoms. The zero-order valence-electron chi connectivity index (χ0n) is 11.3. The Hall–Kier alpha value is -1.51. The molecule has 2 aromatic carbocycles. The van der Waals surface area contributed by atoms with Crippen LogP contribution in [0.25, 0.3) is 0 Å². The molecule has 0 amide bonds. The molecule has 2 aromatic rings. The van der Waals surface area contributed by atoms with Crippen molar-refractivity contribution in [2.24, 2.45) is 5.73 Å². The van der Waals surface area contributed by atoms with E-state index in [1.54, 1.807) is 0 Å². The molecule has 0 fully saturated rings. The minimum absolute atomic E-state index is 0. The van der Waals surface area contributed by atoms with Crippen molar-refractivity contribution in [1.82, 2.24) is 0 Å². The number of rotatable bonds is 4. The van der Waals surface area contributed by atoms with E-state index in [0.717, 1.165) is 11.3 Å². The third-order valence-corrected chi connectivity index (χ3v) is 2.85. The molecule has 0 aliphatic rings. The Kier molecular flexibility index (Phi) is 5.40. The Morgan fingerprint density at radius 2 is 1.53 bits per heavy atom. The van der Waals surface area contributed by atoms with Gasteiger partial charge in [0.2, 0.25) is 0 Å². The summed E-state index contributed by atoms with van der Waals surface area (Å²) in [6.45, 7) is 4.58. The first-order valence-electron chi connectivity index (χ1n) is 6.12. The Morgan fingerprint density at radius 3 is 2.05 bits per heavy atom.